The zero-order chi connectivity index (χ0) is 15.1. The summed E-state index contributed by atoms with van der Waals surface area (Å²) >= 11 is 6.40. The Bertz CT molecular complexity index is 720. The second kappa shape index (κ2) is 5.41. The molecule has 0 bridgehead atoms. The minimum absolute atomic E-state index is 0.250. The second-order valence-electron chi connectivity index (χ2n) is 5.46. The molecule has 1 aromatic carbocycles. The van der Waals surface area contributed by atoms with Gasteiger partial charge in [-0.1, -0.05) is 20.8 Å². The first-order valence-electron chi connectivity index (χ1n) is 5.96. The molecule has 2 aromatic rings. The van der Waals surface area contributed by atoms with Crippen molar-refractivity contribution in [2.75, 3.05) is 0 Å². The van der Waals surface area contributed by atoms with Gasteiger partial charge < -0.3 is 4.98 Å². The molecule has 20 heavy (non-hydrogen) atoms. The van der Waals surface area contributed by atoms with Gasteiger partial charge in [-0.05, 0) is 50.1 Å². The topological polar surface area (TPSA) is 45.8 Å². The van der Waals surface area contributed by atoms with E-state index in [-0.39, 0.29) is 16.8 Å². The van der Waals surface area contributed by atoms with Gasteiger partial charge in [-0.3, -0.25) is 4.79 Å². The van der Waals surface area contributed by atoms with Gasteiger partial charge in [0.15, 0.2) is 0 Å². The van der Waals surface area contributed by atoms with E-state index in [1.807, 2.05) is 20.8 Å². The predicted molar refractivity (Wildman–Crippen MR) is 84.4 cm³/mol. The van der Waals surface area contributed by atoms with Crippen LogP contribution in [0.5, 0.6) is 0 Å². The van der Waals surface area contributed by atoms with Gasteiger partial charge in [0.2, 0.25) is 0 Å². The number of aromatic nitrogens is 2. The lowest BCUT2D eigenvalue weighted by molar-refractivity contribution is 0.562. The average molecular weight is 404 g/mol. The minimum Gasteiger partial charge on any atom is -0.306 e. The van der Waals surface area contributed by atoms with Crippen LogP contribution in [-0.4, -0.2) is 9.97 Å². The third kappa shape index (κ3) is 3.01. The molecule has 0 atom stereocenters. The lowest BCUT2D eigenvalue weighted by Crippen LogP contribution is -2.22. The van der Waals surface area contributed by atoms with Crippen LogP contribution in [0.1, 0.15) is 26.5 Å². The fourth-order valence-electron chi connectivity index (χ4n) is 1.74. The summed E-state index contributed by atoms with van der Waals surface area (Å²) in [5, 5.41) is 0. The van der Waals surface area contributed by atoms with Crippen molar-refractivity contribution in [1.29, 1.82) is 0 Å². The molecule has 0 saturated heterocycles. The van der Waals surface area contributed by atoms with Crippen LogP contribution in [0.3, 0.4) is 0 Å². The summed E-state index contributed by atoms with van der Waals surface area (Å²) in [5.74, 6) is 0.0630. The first-order chi connectivity index (χ1) is 9.20. The maximum absolute atomic E-state index is 13.3. The van der Waals surface area contributed by atoms with Gasteiger partial charge in [0.05, 0.1) is 10.2 Å². The van der Waals surface area contributed by atoms with Gasteiger partial charge in [-0.25, -0.2) is 9.37 Å². The molecule has 106 valence electrons. The highest BCUT2D eigenvalue weighted by Gasteiger charge is 2.22. The van der Waals surface area contributed by atoms with Crippen molar-refractivity contribution >= 4 is 31.9 Å². The average Bonchev–Trinajstić information content (AvgIpc) is 2.34. The first-order valence-corrected chi connectivity index (χ1v) is 7.54. The maximum atomic E-state index is 13.3. The number of nitrogens with one attached hydrogen (secondary N) is 1. The Morgan fingerprint density at radius 2 is 1.90 bits per heavy atom. The fourth-order valence-corrected chi connectivity index (χ4v) is 2.90. The summed E-state index contributed by atoms with van der Waals surface area (Å²) < 4.78 is 14.0. The number of hydrogen-bond donors (Lipinski definition) is 1. The van der Waals surface area contributed by atoms with Crippen LogP contribution in [0.15, 0.2) is 31.9 Å². The molecule has 0 radical (unpaired) electrons. The normalized spacial score (nSPS) is 11.7. The van der Waals surface area contributed by atoms with E-state index in [4.69, 9.17) is 0 Å². The number of benzene rings is 1. The zero-order valence-electron chi connectivity index (χ0n) is 11.2. The standard InChI is InChI=1S/C14H13Br2FN2O/c1-14(2,3)11-10(16)13(20)19-12(18-11)7-4-5-9(17)8(15)6-7/h4-6H,1-3H3,(H,18,19,20). The lowest BCUT2D eigenvalue weighted by Gasteiger charge is -2.19. The smallest absolute Gasteiger partial charge is 0.265 e. The van der Waals surface area contributed by atoms with E-state index >= 15 is 0 Å². The molecule has 1 N–H and O–H groups in total. The van der Waals surface area contributed by atoms with Crippen LogP contribution < -0.4 is 5.56 Å². The Labute approximate surface area is 132 Å². The zero-order valence-corrected chi connectivity index (χ0v) is 14.4. The first kappa shape index (κ1) is 15.4. The third-order valence-electron chi connectivity index (χ3n) is 2.77. The van der Waals surface area contributed by atoms with Crippen molar-refractivity contribution in [3.63, 3.8) is 0 Å². The second-order valence-corrected chi connectivity index (χ2v) is 7.10. The molecule has 1 aromatic heterocycles. The SMILES string of the molecule is CC(C)(C)c1nc(-c2ccc(F)c(Br)c2)[nH]c(=O)c1Br. The molecule has 2 rings (SSSR count). The van der Waals surface area contributed by atoms with Crippen molar-refractivity contribution in [3.8, 4) is 11.4 Å². The van der Waals surface area contributed by atoms with Crippen molar-refractivity contribution < 1.29 is 4.39 Å². The summed E-state index contributed by atoms with van der Waals surface area (Å²) in [7, 11) is 0. The third-order valence-corrected chi connectivity index (χ3v) is 4.11. The highest BCUT2D eigenvalue weighted by Crippen LogP contribution is 2.28. The molecule has 0 saturated carbocycles. The van der Waals surface area contributed by atoms with Crippen molar-refractivity contribution in [2.24, 2.45) is 0 Å². The van der Waals surface area contributed by atoms with Gasteiger partial charge in [0.1, 0.15) is 16.1 Å². The van der Waals surface area contributed by atoms with E-state index in [1.165, 1.54) is 6.07 Å². The molecule has 0 aliphatic heterocycles. The van der Waals surface area contributed by atoms with Crippen molar-refractivity contribution in [3.05, 3.63) is 49.0 Å². The van der Waals surface area contributed by atoms with Gasteiger partial charge in [-0.2, -0.15) is 0 Å². The Kier molecular flexibility index (Phi) is 4.16. The number of H-pyrrole nitrogens is 1. The summed E-state index contributed by atoms with van der Waals surface area (Å²) in [6, 6.07) is 4.50. The summed E-state index contributed by atoms with van der Waals surface area (Å²) in [4.78, 5) is 19.2. The van der Waals surface area contributed by atoms with E-state index in [1.54, 1.807) is 12.1 Å². The summed E-state index contributed by atoms with van der Waals surface area (Å²) in [6.45, 7) is 5.93. The van der Waals surface area contributed by atoms with Gasteiger partial charge in [0, 0.05) is 11.0 Å². The van der Waals surface area contributed by atoms with Crippen LogP contribution in [0.4, 0.5) is 4.39 Å². The van der Waals surface area contributed by atoms with E-state index in [0.717, 1.165) is 0 Å². The molecular formula is C14H13Br2FN2O. The monoisotopic (exact) mass is 402 g/mol. The Balaban J connectivity index is 2.67. The maximum Gasteiger partial charge on any atom is 0.265 e. The van der Waals surface area contributed by atoms with Gasteiger partial charge in [0.25, 0.3) is 5.56 Å². The molecule has 0 aliphatic rings. The molecule has 0 aliphatic carbocycles. The highest BCUT2D eigenvalue weighted by atomic mass is 79.9. The Morgan fingerprint density at radius 3 is 2.45 bits per heavy atom. The van der Waals surface area contributed by atoms with E-state index in [9.17, 15) is 9.18 Å². The molecule has 6 heteroatoms. The highest BCUT2D eigenvalue weighted by molar-refractivity contribution is 9.10. The Hall–Kier alpha value is -1.01. The van der Waals surface area contributed by atoms with Crippen LogP contribution in [-0.2, 0) is 5.41 Å². The number of halogens is 3. The van der Waals surface area contributed by atoms with E-state index in [2.05, 4.69) is 41.8 Å². The molecular weight excluding hydrogens is 391 g/mol. The van der Waals surface area contributed by atoms with Crippen LogP contribution in [0, 0.1) is 5.82 Å². The van der Waals surface area contributed by atoms with Gasteiger partial charge >= 0.3 is 0 Å². The Morgan fingerprint density at radius 1 is 1.25 bits per heavy atom. The van der Waals surface area contributed by atoms with E-state index in [0.29, 0.717) is 26.0 Å². The molecule has 0 spiro atoms. The van der Waals surface area contributed by atoms with E-state index < -0.39 is 0 Å². The number of nitrogens with zero attached hydrogens (tertiary/aromatic N) is 1. The van der Waals surface area contributed by atoms with Gasteiger partial charge in [-0.15, -0.1) is 0 Å². The fraction of sp³-hybridized carbons (Fsp3) is 0.286. The minimum atomic E-state index is -0.357. The lowest BCUT2D eigenvalue weighted by atomic mass is 9.92. The molecule has 1 heterocycles. The van der Waals surface area contributed by atoms with Crippen LogP contribution in [0.2, 0.25) is 0 Å². The quantitative estimate of drug-likeness (QED) is 0.766. The van der Waals surface area contributed by atoms with Crippen molar-refractivity contribution in [2.45, 2.75) is 26.2 Å². The number of hydrogen-bond acceptors (Lipinski definition) is 2. The molecule has 0 unspecified atom stereocenters. The van der Waals surface area contributed by atoms with Crippen molar-refractivity contribution in [1.82, 2.24) is 9.97 Å². The largest absolute Gasteiger partial charge is 0.306 e. The molecule has 0 amide bonds. The molecule has 3 nitrogen and oxygen atoms in total. The van der Waals surface area contributed by atoms with Crippen LogP contribution >= 0.6 is 31.9 Å². The molecule has 0 fully saturated rings. The summed E-state index contributed by atoms with van der Waals surface area (Å²) in [5.41, 5.74) is 0.782. The summed E-state index contributed by atoms with van der Waals surface area (Å²) in [6.07, 6.45) is 0. The predicted octanol–water partition coefficient (Wildman–Crippen LogP) is 4.40. The number of rotatable bonds is 1. The number of aromatic amines is 1. The van der Waals surface area contributed by atoms with Crippen LogP contribution in [0.25, 0.3) is 11.4 Å².